The second kappa shape index (κ2) is 6.54. The summed E-state index contributed by atoms with van der Waals surface area (Å²) in [5, 5.41) is 0. The molecule has 0 amide bonds. The zero-order valence-corrected chi connectivity index (χ0v) is 14.4. The smallest absolute Gasteiger partial charge is 0.0471 e. The lowest BCUT2D eigenvalue weighted by molar-refractivity contribution is 0.0853. The van der Waals surface area contributed by atoms with Gasteiger partial charge in [0.15, 0.2) is 0 Å². The molecule has 3 aliphatic rings. The lowest BCUT2D eigenvalue weighted by Crippen LogP contribution is -2.26. The molecule has 0 aromatic heterocycles. The quantitative estimate of drug-likeness (QED) is 0.827. The van der Waals surface area contributed by atoms with Gasteiger partial charge in [0.05, 0.1) is 0 Å². The van der Waals surface area contributed by atoms with Crippen molar-refractivity contribution in [2.45, 2.75) is 54.9 Å². The van der Waals surface area contributed by atoms with Gasteiger partial charge in [0, 0.05) is 29.9 Å². The van der Waals surface area contributed by atoms with Crippen LogP contribution >= 0.6 is 11.8 Å². The first-order valence-electron chi connectivity index (χ1n) is 8.86. The molecule has 0 aliphatic carbocycles. The fourth-order valence-corrected chi connectivity index (χ4v) is 5.64. The number of fused-ring (bicyclic) bond motifs is 1. The van der Waals surface area contributed by atoms with Gasteiger partial charge in [-0.3, -0.25) is 0 Å². The van der Waals surface area contributed by atoms with Crippen molar-refractivity contribution >= 4 is 11.8 Å². The van der Waals surface area contributed by atoms with Crippen molar-refractivity contribution in [3.8, 4) is 0 Å². The van der Waals surface area contributed by atoms with E-state index in [0.29, 0.717) is 0 Å². The Labute approximate surface area is 138 Å². The molecular formula is C19H27NOS. The summed E-state index contributed by atoms with van der Waals surface area (Å²) in [6, 6.07) is 8.13. The number of rotatable bonds is 3. The van der Waals surface area contributed by atoms with Crippen LogP contribution in [-0.4, -0.2) is 43.5 Å². The number of hydrogen-bond acceptors (Lipinski definition) is 3. The summed E-state index contributed by atoms with van der Waals surface area (Å²) < 4.78 is 5.53. The van der Waals surface area contributed by atoms with E-state index in [4.69, 9.17) is 4.74 Å². The Morgan fingerprint density at radius 3 is 2.86 bits per heavy atom. The molecule has 3 heteroatoms. The van der Waals surface area contributed by atoms with Crippen molar-refractivity contribution in [2.24, 2.45) is 0 Å². The molecule has 1 unspecified atom stereocenters. The zero-order chi connectivity index (χ0) is 14.9. The molecule has 3 aliphatic heterocycles. The first kappa shape index (κ1) is 15.0. The summed E-state index contributed by atoms with van der Waals surface area (Å²) in [7, 11) is 2.30. The molecule has 22 heavy (non-hydrogen) atoms. The van der Waals surface area contributed by atoms with E-state index in [1.165, 1.54) is 44.4 Å². The summed E-state index contributed by atoms with van der Waals surface area (Å²) in [5.74, 6) is 2.78. The average Bonchev–Trinajstić information content (AvgIpc) is 3.15. The average molecular weight is 317 g/mol. The van der Waals surface area contributed by atoms with Crippen molar-refractivity contribution in [1.82, 2.24) is 4.90 Å². The third kappa shape index (κ3) is 2.95. The van der Waals surface area contributed by atoms with Gasteiger partial charge in [-0.05, 0) is 74.7 Å². The second-order valence-corrected chi connectivity index (χ2v) is 8.27. The van der Waals surface area contributed by atoms with Gasteiger partial charge in [0.1, 0.15) is 0 Å². The third-order valence-electron chi connectivity index (χ3n) is 5.83. The topological polar surface area (TPSA) is 12.5 Å². The molecule has 1 aromatic rings. The van der Waals surface area contributed by atoms with Crippen molar-refractivity contribution in [2.75, 3.05) is 32.6 Å². The van der Waals surface area contributed by atoms with Crippen LogP contribution in [0.25, 0.3) is 0 Å². The van der Waals surface area contributed by atoms with Gasteiger partial charge in [0.25, 0.3) is 0 Å². The molecule has 2 nitrogen and oxygen atoms in total. The summed E-state index contributed by atoms with van der Waals surface area (Å²) in [6.45, 7) is 3.17. The van der Waals surface area contributed by atoms with E-state index in [9.17, 15) is 0 Å². The predicted octanol–water partition coefficient (Wildman–Crippen LogP) is 4.25. The van der Waals surface area contributed by atoms with Crippen LogP contribution in [-0.2, 0) is 4.74 Å². The number of hydrogen-bond donors (Lipinski definition) is 0. The highest BCUT2D eigenvalue weighted by Crippen LogP contribution is 2.44. The van der Waals surface area contributed by atoms with Gasteiger partial charge in [-0.2, -0.15) is 0 Å². The second-order valence-electron chi connectivity index (χ2n) is 7.20. The molecule has 0 saturated carbocycles. The van der Waals surface area contributed by atoms with Crippen LogP contribution in [0.2, 0.25) is 0 Å². The Kier molecular flexibility index (Phi) is 4.47. The van der Waals surface area contributed by atoms with E-state index in [1.807, 2.05) is 0 Å². The van der Waals surface area contributed by atoms with E-state index >= 15 is 0 Å². The Bertz CT molecular complexity index is 526. The van der Waals surface area contributed by atoms with E-state index in [-0.39, 0.29) is 0 Å². The summed E-state index contributed by atoms with van der Waals surface area (Å²) in [4.78, 5) is 4.12. The molecular weight excluding hydrogens is 290 g/mol. The third-order valence-corrected chi connectivity index (χ3v) is 7.09. The minimum Gasteiger partial charge on any atom is -0.381 e. The molecule has 2 atom stereocenters. The molecule has 1 aromatic carbocycles. The summed E-state index contributed by atoms with van der Waals surface area (Å²) in [6.07, 6.45) is 6.53. The molecule has 2 saturated heterocycles. The maximum absolute atomic E-state index is 5.53. The number of benzene rings is 1. The molecule has 0 bridgehead atoms. The van der Waals surface area contributed by atoms with Crippen molar-refractivity contribution in [3.05, 3.63) is 29.3 Å². The van der Waals surface area contributed by atoms with Gasteiger partial charge in [-0.25, -0.2) is 0 Å². The fraction of sp³-hybridized carbons (Fsp3) is 0.684. The maximum atomic E-state index is 5.53. The number of likely N-dealkylation sites (tertiary alicyclic amines) is 1. The van der Waals surface area contributed by atoms with Gasteiger partial charge in [0.2, 0.25) is 0 Å². The van der Waals surface area contributed by atoms with E-state index in [2.05, 4.69) is 41.9 Å². The lowest BCUT2D eigenvalue weighted by atomic mass is 9.87. The van der Waals surface area contributed by atoms with Crippen LogP contribution in [0.4, 0.5) is 0 Å². The molecule has 4 rings (SSSR count). The van der Waals surface area contributed by atoms with E-state index in [1.54, 1.807) is 16.0 Å². The standard InChI is InChI=1S/C19H27NOS/c1-20-8-2-3-17(20)11-16-13-22-19-5-4-15(12-18(16)19)14-6-9-21-10-7-14/h4-5,12,14,16-17H,2-3,6-11,13H2,1H3/t16?,17-/m1/s1. The van der Waals surface area contributed by atoms with Crippen molar-refractivity contribution < 1.29 is 4.74 Å². The van der Waals surface area contributed by atoms with Gasteiger partial charge >= 0.3 is 0 Å². The normalized spacial score (nSPS) is 29.9. The van der Waals surface area contributed by atoms with Gasteiger partial charge < -0.3 is 9.64 Å². The summed E-state index contributed by atoms with van der Waals surface area (Å²) in [5.41, 5.74) is 3.21. The first-order valence-corrected chi connectivity index (χ1v) is 9.84. The Balaban J connectivity index is 1.52. The lowest BCUT2D eigenvalue weighted by Gasteiger charge is -2.25. The Hall–Kier alpha value is -0.510. The Morgan fingerprint density at radius 2 is 2.09 bits per heavy atom. The number of thioether (sulfide) groups is 1. The molecule has 120 valence electrons. The maximum Gasteiger partial charge on any atom is 0.0471 e. The van der Waals surface area contributed by atoms with Gasteiger partial charge in [-0.15, -0.1) is 11.8 Å². The minimum atomic E-state index is 0.722. The van der Waals surface area contributed by atoms with Crippen LogP contribution in [0.3, 0.4) is 0 Å². The van der Waals surface area contributed by atoms with Crippen LogP contribution in [0.15, 0.2) is 23.1 Å². The van der Waals surface area contributed by atoms with Crippen LogP contribution < -0.4 is 0 Å². The SMILES string of the molecule is CN1CCC[C@@H]1CC1CSc2ccc(C3CCOCC3)cc21. The van der Waals surface area contributed by atoms with Gasteiger partial charge in [-0.1, -0.05) is 12.1 Å². The van der Waals surface area contributed by atoms with Crippen LogP contribution in [0.5, 0.6) is 0 Å². The van der Waals surface area contributed by atoms with Crippen molar-refractivity contribution in [1.29, 1.82) is 0 Å². The monoisotopic (exact) mass is 317 g/mol. The number of ether oxygens (including phenoxy) is 1. The fourth-order valence-electron chi connectivity index (χ4n) is 4.38. The molecule has 0 spiro atoms. The van der Waals surface area contributed by atoms with Crippen molar-refractivity contribution in [3.63, 3.8) is 0 Å². The van der Waals surface area contributed by atoms with Crippen LogP contribution in [0, 0.1) is 0 Å². The molecule has 0 N–H and O–H groups in total. The van der Waals surface area contributed by atoms with E-state index < -0.39 is 0 Å². The zero-order valence-electron chi connectivity index (χ0n) is 13.6. The predicted molar refractivity (Wildman–Crippen MR) is 93.0 cm³/mol. The highest BCUT2D eigenvalue weighted by atomic mass is 32.2. The molecule has 3 heterocycles. The molecule has 0 radical (unpaired) electrons. The Morgan fingerprint density at radius 1 is 1.23 bits per heavy atom. The summed E-state index contributed by atoms with van der Waals surface area (Å²) >= 11 is 2.07. The van der Waals surface area contributed by atoms with E-state index in [0.717, 1.165) is 31.1 Å². The molecule has 2 fully saturated rings. The minimum absolute atomic E-state index is 0.722. The highest BCUT2D eigenvalue weighted by molar-refractivity contribution is 7.99. The van der Waals surface area contributed by atoms with Crippen LogP contribution in [0.1, 0.15) is 55.1 Å². The number of nitrogens with zero attached hydrogens (tertiary/aromatic N) is 1. The largest absolute Gasteiger partial charge is 0.381 e. The highest BCUT2D eigenvalue weighted by Gasteiger charge is 2.30. The first-order chi connectivity index (χ1) is 10.8.